The topological polar surface area (TPSA) is 58.4 Å². The van der Waals surface area contributed by atoms with Gasteiger partial charge in [0.2, 0.25) is 0 Å². The van der Waals surface area contributed by atoms with E-state index < -0.39 is 0 Å². The average Bonchev–Trinajstić information content (AvgIpc) is 2.26. The summed E-state index contributed by atoms with van der Waals surface area (Å²) in [6.45, 7) is 1.66. The van der Waals surface area contributed by atoms with Gasteiger partial charge in [-0.2, -0.15) is 0 Å². The minimum Gasteiger partial charge on any atom is -0.373 e. The molecule has 0 saturated heterocycles. The molecule has 0 atom stereocenters. The first-order valence-electron chi connectivity index (χ1n) is 4.75. The van der Waals surface area contributed by atoms with Crippen LogP contribution in [0.1, 0.15) is 0 Å². The number of hydrogen-bond donors (Lipinski definition) is 1. The second-order valence-corrected chi connectivity index (χ2v) is 3.30. The van der Waals surface area contributed by atoms with Crippen molar-refractivity contribution in [3.63, 3.8) is 0 Å². The minimum atomic E-state index is -0.380. The number of non-ortho nitro benzene ring substituents is 1. The molecule has 0 saturated carbocycles. The molecule has 0 unspecified atom stereocenters. The SMILES string of the molecule is CNCCN(C)c1cccc([N+](=O)[O-])c1. The molecule has 82 valence electrons. The maximum atomic E-state index is 10.6. The summed E-state index contributed by atoms with van der Waals surface area (Å²) in [5, 5.41) is 13.6. The number of likely N-dealkylation sites (N-methyl/N-ethyl adjacent to an activating group) is 2. The Kier molecular flexibility index (Phi) is 4.05. The molecule has 0 heterocycles. The van der Waals surface area contributed by atoms with E-state index in [9.17, 15) is 10.1 Å². The molecular weight excluding hydrogens is 194 g/mol. The standard InChI is InChI=1S/C10H15N3O2/c1-11-6-7-12(2)9-4-3-5-10(8-9)13(14)15/h3-5,8,11H,6-7H2,1-2H3. The van der Waals surface area contributed by atoms with Gasteiger partial charge in [0.25, 0.3) is 5.69 Å². The number of anilines is 1. The Bertz CT molecular complexity index is 341. The van der Waals surface area contributed by atoms with Crippen molar-refractivity contribution in [1.29, 1.82) is 0 Å². The lowest BCUT2D eigenvalue weighted by atomic mass is 10.2. The summed E-state index contributed by atoms with van der Waals surface area (Å²) >= 11 is 0. The lowest BCUT2D eigenvalue weighted by Crippen LogP contribution is -2.26. The lowest BCUT2D eigenvalue weighted by Gasteiger charge is -2.18. The summed E-state index contributed by atoms with van der Waals surface area (Å²) in [4.78, 5) is 12.2. The Morgan fingerprint density at radius 1 is 1.53 bits per heavy atom. The highest BCUT2D eigenvalue weighted by Gasteiger charge is 2.07. The lowest BCUT2D eigenvalue weighted by molar-refractivity contribution is -0.384. The zero-order valence-corrected chi connectivity index (χ0v) is 8.93. The van der Waals surface area contributed by atoms with Gasteiger partial charge in [0.05, 0.1) is 4.92 Å². The van der Waals surface area contributed by atoms with E-state index in [-0.39, 0.29) is 10.6 Å². The van der Waals surface area contributed by atoms with Crippen LogP contribution in [0, 0.1) is 10.1 Å². The molecule has 0 fully saturated rings. The number of benzene rings is 1. The van der Waals surface area contributed by atoms with E-state index >= 15 is 0 Å². The summed E-state index contributed by atoms with van der Waals surface area (Å²) in [7, 11) is 3.79. The van der Waals surface area contributed by atoms with Crippen LogP contribution in [-0.4, -0.2) is 32.1 Å². The molecule has 0 spiro atoms. The molecule has 1 rings (SSSR count). The van der Waals surface area contributed by atoms with E-state index in [1.54, 1.807) is 12.1 Å². The van der Waals surface area contributed by atoms with E-state index in [4.69, 9.17) is 0 Å². The van der Waals surface area contributed by atoms with Crippen LogP contribution < -0.4 is 10.2 Å². The maximum absolute atomic E-state index is 10.6. The fourth-order valence-corrected chi connectivity index (χ4v) is 1.25. The molecule has 15 heavy (non-hydrogen) atoms. The van der Waals surface area contributed by atoms with E-state index in [0.717, 1.165) is 18.8 Å². The summed E-state index contributed by atoms with van der Waals surface area (Å²) < 4.78 is 0. The van der Waals surface area contributed by atoms with E-state index in [0.29, 0.717) is 0 Å². The number of nitrogens with one attached hydrogen (secondary N) is 1. The molecule has 5 nitrogen and oxygen atoms in total. The van der Waals surface area contributed by atoms with Gasteiger partial charge in [-0.25, -0.2) is 0 Å². The zero-order chi connectivity index (χ0) is 11.3. The van der Waals surface area contributed by atoms with Gasteiger partial charge in [0.15, 0.2) is 0 Å². The van der Waals surface area contributed by atoms with Gasteiger partial charge >= 0.3 is 0 Å². The monoisotopic (exact) mass is 209 g/mol. The van der Waals surface area contributed by atoms with Gasteiger partial charge in [-0.15, -0.1) is 0 Å². The second-order valence-electron chi connectivity index (χ2n) is 3.30. The van der Waals surface area contributed by atoms with Crippen LogP contribution in [0.5, 0.6) is 0 Å². The van der Waals surface area contributed by atoms with Crippen LogP contribution >= 0.6 is 0 Å². The van der Waals surface area contributed by atoms with Crippen molar-refractivity contribution in [3.8, 4) is 0 Å². The van der Waals surface area contributed by atoms with Crippen LogP contribution in [-0.2, 0) is 0 Å². The van der Waals surface area contributed by atoms with E-state index in [2.05, 4.69) is 5.32 Å². The molecule has 1 aromatic carbocycles. The largest absolute Gasteiger partial charge is 0.373 e. The van der Waals surface area contributed by atoms with Crippen LogP contribution in [0.15, 0.2) is 24.3 Å². The van der Waals surface area contributed by atoms with Crippen molar-refractivity contribution in [2.45, 2.75) is 0 Å². The Morgan fingerprint density at radius 2 is 2.27 bits per heavy atom. The molecule has 1 aromatic rings. The number of nitrogens with zero attached hydrogens (tertiary/aromatic N) is 2. The summed E-state index contributed by atoms with van der Waals surface area (Å²) in [6.07, 6.45) is 0. The Hall–Kier alpha value is -1.62. The van der Waals surface area contributed by atoms with Crippen molar-refractivity contribution in [1.82, 2.24) is 5.32 Å². The summed E-state index contributed by atoms with van der Waals surface area (Å²) in [5.74, 6) is 0. The van der Waals surface area contributed by atoms with Crippen LogP contribution in [0.4, 0.5) is 11.4 Å². The quantitative estimate of drug-likeness (QED) is 0.585. The first-order chi connectivity index (χ1) is 7.15. The normalized spacial score (nSPS) is 10.0. The first-order valence-corrected chi connectivity index (χ1v) is 4.75. The Labute approximate surface area is 88.9 Å². The maximum Gasteiger partial charge on any atom is 0.271 e. The molecular formula is C10H15N3O2. The smallest absolute Gasteiger partial charge is 0.271 e. The first kappa shape index (κ1) is 11.5. The highest BCUT2D eigenvalue weighted by atomic mass is 16.6. The Morgan fingerprint density at radius 3 is 2.87 bits per heavy atom. The van der Waals surface area contributed by atoms with E-state index in [1.807, 2.05) is 25.1 Å². The fourth-order valence-electron chi connectivity index (χ4n) is 1.25. The predicted octanol–water partition coefficient (Wildman–Crippen LogP) is 1.25. The molecule has 5 heteroatoms. The highest BCUT2D eigenvalue weighted by Crippen LogP contribution is 2.19. The average molecular weight is 209 g/mol. The Balaban J connectivity index is 2.76. The third-order valence-electron chi connectivity index (χ3n) is 2.18. The van der Waals surface area contributed by atoms with Crippen molar-refractivity contribution in [2.75, 3.05) is 32.1 Å². The number of rotatable bonds is 5. The van der Waals surface area contributed by atoms with Gasteiger partial charge < -0.3 is 10.2 Å². The van der Waals surface area contributed by atoms with Crippen LogP contribution in [0.25, 0.3) is 0 Å². The van der Waals surface area contributed by atoms with Crippen molar-refractivity contribution >= 4 is 11.4 Å². The second kappa shape index (κ2) is 5.31. The van der Waals surface area contributed by atoms with Gasteiger partial charge in [0.1, 0.15) is 0 Å². The number of nitro benzene ring substituents is 1. The molecule has 0 aliphatic heterocycles. The fraction of sp³-hybridized carbons (Fsp3) is 0.400. The highest BCUT2D eigenvalue weighted by molar-refractivity contribution is 5.52. The van der Waals surface area contributed by atoms with Gasteiger partial charge in [-0.3, -0.25) is 10.1 Å². The van der Waals surface area contributed by atoms with Gasteiger partial charge in [-0.1, -0.05) is 6.07 Å². The predicted molar refractivity (Wildman–Crippen MR) is 60.3 cm³/mol. The van der Waals surface area contributed by atoms with Gasteiger partial charge in [-0.05, 0) is 13.1 Å². The van der Waals surface area contributed by atoms with E-state index in [1.165, 1.54) is 6.07 Å². The zero-order valence-electron chi connectivity index (χ0n) is 8.93. The van der Waals surface area contributed by atoms with Crippen molar-refractivity contribution in [2.24, 2.45) is 0 Å². The molecule has 0 amide bonds. The molecule has 0 radical (unpaired) electrons. The summed E-state index contributed by atoms with van der Waals surface area (Å²) in [6, 6.07) is 6.64. The van der Waals surface area contributed by atoms with Crippen LogP contribution in [0.3, 0.4) is 0 Å². The van der Waals surface area contributed by atoms with Gasteiger partial charge in [0, 0.05) is 38.0 Å². The van der Waals surface area contributed by atoms with Crippen LogP contribution in [0.2, 0.25) is 0 Å². The number of nitro groups is 1. The number of hydrogen-bond acceptors (Lipinski definition) is 4. The molecule has 0 aromatic heterocycles. The third-order valence-corrected chi connectivity index (χ3v) is 2.18. The molecule has 0 aliphatic carbocycles. The third kappa shape index (κ3) is 3.21. The minimum absolute atomic E-state index is 0.129. The summed E-state index contributed by atoms with van der Waals surface area (Å²) in [5.41, 5.74) is 0.989. The molecule has 0 bridgehead atoms. The van der Waals surface area contributed by atoms with Crippen molar-refractivity contribution < 1.29 is 4.92 Å². The van der Waals surface area contributed by atoms with Crippen molar-refractivity contribution in [3.05, 3.63) is 34.4 Å². The molecule has 1 N–H and O–H groups in total. The molecule has 0 aliphatic rings.